The minimum Gasteiger partial charge on any atom is -0.357 e. The molecule has 0 aliphatic heterocycles. The van der Waals surface area contributed by atoms with Gasteiger partial charge in [-0.15, -0.1) is 34.2 Å². The fourth-order valence-corrected chi connectivity index (χ4v) is 2.14. The largest absolute Gasteiger partial charge is 0.357 e. The molecule has 0 fully saturated rings. The molecule has 0 aliphatic rings. The van der Waals surface area contributed by atoms with Gasteiger partial charge in [-0.25, -0.2) is 4.99 Å². The molecule has 0 saturated carbocycles. The molecule has 0 atom stereocenters. The first kappa shape index (κ1) is 21.1. The lowest BCUT2D eigenvalue weighted by Crippen LogP contribution is -2.39. The average molecular weight is 459 g/mol. The lowest BCUT2D eigenvalue weighted by molar-refractivity contribution is -0.127. The van der Waals surface area contributed by atoms with Crippen LogP contribution in [0.15, 0.2) is 29.4 Å². The second-order valence-corrected chi connectivity index (χ2v) is 5.56. The number of likely N-dealkylation sites (N-methyl/N-ethyl adjacent to an activating group) is 1. The average Bonchev–Trinajstić information content (AvgIpc) is 2.99. The zero-order valence-corrected chi connectivity index (χ0v) is 17.2. The Morgan fingerprint density at radius 3 is 2.80 bits per heavy atom. The molecule has 2 aromatic heterocycles. The van der Waals surface area contributed by atoms with E-state index in [1.54, 1.807) is 14.1 Å². The van der Waals surface area contributed by atoms with Gasteiger partial charge in [0, 0.05) is 39.8 Å². The van der Waals surface area contributed by atoms with Gasteiger partial charge in [-0.05, 0) is 25.5 Å². The third kappa shape index (κ3) is 6.48. The van der Waals surface area contributed by atoms with Crippen molar-refractivity contribution in [1.82, 2.24) is 30.1 Å². The van der Waals surface area contributed by atoms with Crippen LogP contribution < -0.4 is 10.6 Å². The maximum Gasteiger partial charge on any atom is 0.243 e. The predicted octanol–water partition coefficient (Wildman–Crippen LogP) is 0.923. The zero-order chi connectivity index (χ0) is 17.4. The van der Waals surface area contributed by atoms with Crippen molar-refractivity contribution in [3.05, 3.63) is 30.2 Å². The highest BCUT2D eigenvalue weighted by Crippen LogP contribution is 2.04. The van der Waals surface area contributed by atoms with Gasteiger partial charge < -0.3 is 15.5 Å². The number of nitrogens with zero attached hydrogens (tertiary/aromatic N) is 5. The van der Waals surface area contributed by atoms with Gasteiger partial charge in [-0.1, -0.05) is 6.07 Å². The fraction of sp³-hybridized carbons (Fsp3) is 0.500. The number of hydrogen-bond acceptors (Lipinski definition) is 4. The van der Waals surface area contributed by atoms with E-state index in [0.29, 0.717) is 5.96 Å². The van der Waals surface area contributed by atoms with E-state index >= 15 is 0 Å². The Kier molecular flexibility index (Phi) is 9.17. The molecule has 2 aromatic rings. The van der Waals surface area contributed by atoms with E-state index in [1.165, 1.54) is 4.90 Å². The SMILES string of the molecule is CCNC(=NCC(=O)N(C)C)NCCCc1nnc2ccccn12.I. The second-order valence-electron chi connectivity index (χ2n) is 5.56. The first-order valence-electron chi connectivity index (χ1n) is 8.12. The molecular formula is C16H26IN7O. The number of carbonyl (C=O) groups is 1. The highest BCUT2D eigenvalue weighted by Gasteiger charge is 2.06. The van der Waals surface area contributed by atoms with Crippen LogP contribution in [-0.4, -0.2) is 65.1 Å². The summed E-state index contributed by atoms with van der Waals surface area (Å²) in [6.07, 6.45) is 3.67. The minimum absolute atomic E-state index is 0. The number of rotatable bonds is 7. The van der Waals surface area contributed by atoms with E-state index < -0.39 is 0 Å². The predicted molar refractivity (Wildman–Crippen MR) is 109 cm³/mol. The van der Waals surface area contributed by atoms with Gasteiger partial charge in [0.05, 0.1) is 0 Å². The summed E-state index contributed by atoms with van der Waals surface area (Å²) in [6, 6.07) is 5.85. The van der Waals surface area contributed by atoms with Gasteiger partial charge in [0.25, 0.3) is 0 Å². The molecule has 0 bridgehead atoms. The Morgan fingerprint density at radius 2 is 2.08 bits per heavy atom. The molecule has 0 spiro atoms. The van der Waals surface area contributed by atoms with Crippen molar-refractivity contribution in [2.75, 3.05) is 33.7 Å². The van der Waals surface area contributed by atoms with E-state index in [9.17, 15) is 4.79 Å². The molecule has 2 heterocycles. The molecule has 0 aliphatic carbocycles. The summed E-state index contributed by atoms with van der Waals surface area (Å²) in [6.45, 7) is 3.62. The Hall–Kier alpha value is -1.91. The van der Waals surface area contributed by atoms with Crippen LogP contribution in [-0.2, 0) is 11.2 Å². The van der Waals surface area contributed by atoms with Crippen LogP contribution in [0, 0.1) is 0 Å². The Morgan fingerprint density at radius 1 is 1.28 bits per heavy atom. The van der Waals surface area contributed by atoms with Crippen LogP contribution in [0.4, 0.5) is 0 Å². The van der Waals surface area contributed by atoms with Gasteiger partial charge in [-0.2, -0.15) is 0 Å². The second kappa shape index (κ2) is 10.9. The first-order chi connectivity index (χ1) is 11.6. The Bertz CT molecular complexity index is 699. The van der Waals surface area contributed by atoms with Gasteiger partial charge in [0.15, 0.2) is 11.6 Å². The van der Waals surface area contributed by atoms with Crippen molar-refractivity contribution >= 4 is 41.5 Å². The number of pyridine rings is 1. The smallest absolute Gasteiger partial charge is 0.243 e. The number of aliphatic imine (C=N–C) groups is 1. The van der Waals surface area contributed by atoms with Crippen LogP contribution in [0.2, 0.25) is 0 Å². The fourth-order valence-electron chi connectivity index (χ4n) is 2.14. The summed E-state index contributed by atoms with van der Waals surface area (Å²) >= 11 is 0. The molecule has 0 radical (unpaired) electrons. The van der Waals surface area contributed by atoms with E-state index in [0.717, 1.165) is 37.4 Å². The maximum absolute atomic E-state index is 11.6. The third-order valence-electron chi connectivity index (χ3n) is 3.47. The van der Waals surface area contributed by atoms with Crippen molar-refractivity contribution in [3.63, 3.8) is 0 Å². The van der Waals surface area contributed by atoms with E-state index in [4.69, 9.17) is 0 Å². The van der Waals surface area contributed by atoms with Gasteiger partial charge in [-0.3, -0.25) is 9.20 Å². The van der Waals surface area contributed by atoms with Crippen LogP contribution >= 0.6 is 24.0 Å². The first-order valence-corrected chi connectivity index (χ1v) is 8.12. The quantitative estimate of drug-likeness (QED) is 0.279. The molecular weight excluding hydrogens is 433 g/mol. The lowest BCUT2D eigenvalue weighted by atomic mass is 10.3. The molecule has 0 aromatic carbocycles. The zero-order valence-electron chi connectivity index (χ0n) is 14.9. The standard InChI is InChI=1S/C16H25N7O.HI/c1-4-17-16(19-12-15(24)22(2)3)18-10-7-9-14-21-20-13-8-5-6-11-23(13)14;/h5-6,8,11H,4,7,9-10,12H2,1-3H3,(H2,17,18,19);1H. The number of amides is 1. The number of carbonyl (C=O) groups excluding carboxylic acids is 1. The summed E-state index contributed by atoms with van der Waals surface area (Å²) in [5, 5.41) is 14.7. The molecule has 9 heteroatoms. The number of halogens is 1. The van der Waals surface area contributed by atoms with Crippen molar-refractivity contribution in [2.45, 2.75) is 19.8 Å². The number of fused-ring (bicyclic) bond motifs is 1. The molecule has 0 saturated heterocycles. The summed E-state index contributed by atoms with van der Waals surface area (Å²) in [5.74, 6) is 1.57. The van der Waals surface area contributed by atoms with E-state index in [2.05, 4.69) is 25.8 Å². The number of hydrogen-bond donors (Lipinski definition) is 2. The van der Waals surface area contributed by atoms with Crippen LogP contribution in [0.25, 0.3) is 5.65 Å². The molecule has 25 heavy (non-hydrogen) atoms. The normalized spacial score (nSPS) is 11.1. The molecule has 2 rings (SSSR count). The Balaban J connectivity index is 0.00000312. The van der Waals surface area contributed by atoms with Gasteiger partial charge >= 0.3 is 0 Å². The van der Waals surface area contributed by atoms with Crippen LogP contribution in [0.5, 0.6) is 0 Å². The van der Waals surface area contributed by atoms with Crippen LogP contribution in [0.1, 0.15) is 19.2 Å². The van der Waals surface area contributed by atoms with Gasteiger partial charge in [0.2, 0.25) is 5.91 Å². The topological polar surface area (TPSA) is 86.9 Å². The minimum atomic E-state index is -0.0258. The lowest BCUT2D eigenvalue weighted by Gasteiger charge is -2.12. The van der Waals surface area contributed by atoms with E-state index in [-0.39, 0.29) is 36.4 Å². The van der Waals surface area contributed by atoms with Crippen molar-refractivity contribution in [3.8, 4) is 0 Å². The molecule has 0 unspecified atom stereocenters. The van der Waals surface area contributed by atoms with Gasteiger partial charge in [0.1, 0.15) is 12.4 Å². The number of aryl methyl sites for hydroxylation is 1. The molecule has 8 nitrogen and oxygen atoms in total. The van der Waals surface area contributed by atoms with Crippen molar-refractivity contribution < 1.29 is 4.79 Å². The highest BCUT2D eigenvalue weighted by molar-refractivity contribution is 14.0. The van der Waals surface area contributed by atoms with Crippen molar-refractivity contribution in [1.29, 1.82) is 0 Å². The monoisotopic (exact) mass is 459 g/mol. The highest BCUT2D eigenvalue weighted by atomic mass is 127. The molecule has 2 N–H and O–H groups in total. The maximum atomic E-state index is 11.6. The van der Waals surface area contributed by atoms with E-state index in [1.807, 2.05) is 35.7 Å². The van der Waals surface area contributed by atoms with Crippen LogP contribution in [0.3, 0.4) is 0 Å². The Labute approximate surface area is 165 Å². The summed E-state index contributed by atoms with van der Waals surface area (Å²) in [4.78, 5) is 17.4. The number of aromatic nitrogens is 3. The summed E-state index contributed by atoms with van der Waals surface area (Å²) < 4.78 is 2.00. The molecule has 138 valence electrons. The third-order valence-corrected chi connectivity index (χ3v) is 3.47. The number of guanidine groups is 1. The summed E-state index contributed by atoms with van der Waals surface area (Å²) in [7, 11) is 3.45. The van der Waals surface area contributed by atoms with Crippen molar-refractivity contribution in [2.24, 2.45) is 4.99 Å². The molecule has 1 amide bonds. The number of nitrogens with one attached hydrogen (secondary N) is 2. The summed E-state index contributed by atoms with van der Waals surface area (Å²) in [5.41, 5.74) is 0.859.